The lowest BCUT2D eigenvalue weighted by Gasteiger charge is -2.31. The Kier molecular flexibility index (Phi) is 4.76. The number of phenolic OH excluding ortho intramolecular Hbond substituents is 1. The van der Waals surface area contributed by atoms with Crippen molar-refractivity contribution in [3.63, 3.8) is 0 Å². The topological polar surface area (TPSA) is 66.4 Å². The summed E-state index contributed by atoms with van der Waals surface area (Å²) in [6, 6.07) is 5.56. The molecule has 102 valence electrons. The lowest BCUT2D eigenvalue weighted by atomic mass is 9.91. The van der Waals surface area contributed by atoms with E-state index in [2.05, 4.69) is 4.72 Å². The summed E-state index contributed by atoms with van der Waals surface area (Å²) >= 11 is 0. The molecule has 0 radical (unpaired) electrons. The maximum atomic E-state index is 12.2. The summed E-state index contributed by atoms with van der Waals surface area (Å²) in [6.07, 6.45) is 2.24. The van der Waals surface area contributed by atoms with Crippen LogP contribution in [0.3, 0.4) is 0 Å². The van der Waals surface area contributed by atoms with Crippen molar-refractivity contribution in [2.75, 3.05) is 0 Å². The summed E-state index contributed by atoms with van der Waals surface area (Å²) in [6.45, 7) is 5.94. The molecule has 1 rings (SSSR count). The fraction of sp³-hybridized carbons (Fsp3) is 0.538. The molecular weight excluding hydrogens is 250 g/mol. The molecule has 0 aliphatic heterocycles. The highest BCUT2D eigenvalue weighted by molar-refractivity contribution is 7.89. The van der Waals surface area contributed by atoms with E-state index in [1.807, 2.05) is 20.8 Å². The summed E-state index contributed by atoms with van der Waals surface area (Å²) in [4.78, 5) is 0.181. The van der Waals surface area contributed by atoms with E-state index in [4.69, 9.17) is 0 Å². The minimum atomic E-state index is -3.53. The largest absolute Gasteiger partial charge is 0.508 e. The molecule has 0 aliphatic rings. The SMILES string of the molecule is CCC(CC)(CC)NS(=O)(=O)c1ccc(O)cc1. The van der Waals surface area contributed by atoms with E-state index in [9.17, 15) is 13.5 Å². The third kappa shape index (κ3) is 3.23. The molecule has 1 aromatic carbocycles. The second kappa shape index (κ2) is 5.71. The number of hydrogen-bond acceptors (Lipinski definition) is 3. The van der Waals surface area contributed by atoms with Crippen LogP contribution in [0.1, 0.15) is 40.0 Å². The molecule has 0 bridgehead atoms. The van der Waals surface area contributed by atoms with E-state index in [-0.39, 0.29) is 10.6 Å². The van der Waals surface area contributed by atoms with Gasteiger partial charge in [0.25, 0.3) is 0 Å². The van der Waals surface area contributed by atoms with Gasteiger partial charge in [0.2, 0.25) is 10.0 Å². The van der Waals surface area contributed by atoms with Gasteiger partial charge in [-0.25, -0.2) is 13.1 Å². The van der Waals surface area contributed by atoms with Crippen LogP contribution in [0.25, 0.3) is 0 Å². The normalized spacial score (nSPS) is 12.6. The second-order valence-electron chi connectivity index (χ2n) is 4.44. The average molecular weight is 271 g/mol. The molecule has 4 nitrogen and oxygen atoms in total. The lowest BCUT2D eigenvalue weighted by molar-refractivity contribution is 0.341. The molecule has 0 saturated carbocycles. The van der Waals surface area contributed by atoms with Gasteiger partial charge in [0.15, 0.2) is 0 Å². The van der Waals surface area contributed by atoms with Gasteiger partial charge in [0, 0.05) is 5.54 Å². The second-order valence-corrected chi connectivity index (χ2v) is 6.12. The van der Waals surface area contributed by atoms with Crippen molar-refractivity contribution in [3.8, 4) is 5.75 Å². The van der Waals surface area contributed by atoms with Crippen molar-refractivity contribution in [3.05, 3.63) is 24.3 Å². The van der Waals surface area contributed by atoms with Gasteiger partial charge in [0.1, 0.15) is 5.75 Å². The quantitative estimate of drug-likeness (QED) is 0.836. The van der Waals surface area contributed by atoms with Crippen LogP contribution in [-0.4, -0.2) is 19.1 Å². The van der Waals surface area contributed by atoms with E-state index < -0.39 is 15.6 Å². The van der Waals surface area contributed by atoms with Gasteiger partial charge < -0.3 is 5.11 Å². The molecule has 0 unspecified atom stereocenters. The first-order valence-electron chi connectivity index (χ1n) is 6.22. The standard InChI is InChI=1S/C13H21NO3S/c1-4-13(5-2,6-3)14-18(16,17)12-9-7-11(15)8-10-12/h7-10,14-15H,4-6H2,1-3H3. The molecule has 0 spiro atoms. The predicted octanol–water partition coefficient (Wildman–Crippen LogP) is 2.64. The van der Waals surface area contributed by atoms with E-state index in [1.165, 1.54) is 24.3 Å². The Balaban J connectivity index is 3.04. The first kappa shape index (κ1) is 15.0. The molecule has 0 fully saturated rings. The van der Waals surface area contributed by atoms with Crippen LogP contribution in [0, 0.1) is 0 Å². The molecule has 0 heterocycles. The van der Waals surface area contributed by atoms with Crippen molar-refractivity contribution in [1.82, 2.24) is 4.72 Å². The maximum absolute atomic E-state index is 12.2. The van der Waals surface area contributed by atoms with Crippen molar-refractivity contribution < 1.29 is 13.5 Å². The number of benzene rings is 1. The number of hydrogen-bond donors (Lipinski definition) is 2. The maximum Gasteiger partial charge on any atom is 0.241 e. The van der Waals surface area contributed by atoms with Gasteiger partial charge in [-0.05, 0) is 43.5 Å². The van der Waals surface area contributed by atoms with E-state index in [1.54, 1.807) is 0 Å². The first-order chi connectivity index (χ1) is 8.39. The molecule has 18 heavy (non-hydrogen) atoms. The Morgan fingerprint density at radius 1 is 1.06 bits per heavy atom. The fourth-order valence-electron chi connectivity index (χ4n) is 1.94. The molecule has 2 N–H and O–H groups in total. The number of rotatable bonds is 6. The van der Waals surface area contributed by atoms with Gasteiger partial charge >= 0.3 is 0 Å². The first-order valence-corrected chi connectivity index (χ1v) is 7.70. The number of nitrogens with one attached hydrogen (secondary N) is 1. The van der Waals surface area contributed by atoms with Gasteiger partial charge in [-0.15, -0.1) is 0 Å². The summed E-state index contributed by atoms with van der Waals surface area (Å²) in [5.74, 6) is 0.0571. The van der Waals surface area contributed by atoms with Gasteiger partial charge in [0.05, 0.1) is 4.90 Å². The zero-order valence-electron chi connectivity index (χ0n) is 11.1. The number of aromatic hydroxyl groups is 1. The van der Waals surface area contributed by atoms with Crippen LogP contribution in [0.15, 0.2) is 29.2 Å². The summed E-state index contributed by atoms with van der Waals surface area (Å²) < 4.78 is 27.3. The smallest absolute Gasteiger partial charge is 0.241 e. The Hall–Kier alpha value is -1.07. The zero-order valence-corrected chi connectivity index (χ0v) is 11.9. The van der Waals surface area contributed by atoms with Gasteiger partial charge in [-0.3, -0.25) is 0 Å². The van der Waals surface area contributed by atoms with E-state index in [0.29, 0.717) is 0 Å². The molecule has 0 aromatic heterocycles. The minimum Gasteiger partial charge on any atom is -0.508 e. The van der Waals surface area contributed by atoms with Crippen LogP contribution in [0.5, 0.6) is 5.75 Å². The Morgan fingerprint density at radius 3 is 1.89 bits per heavy atom. The zero-order chi connectivity index (χ0) is 13.8. The molecular formula is C13H21NO3S. The monoisotopic (exact) mass is 271 g/mol. The van der Waals surface area contributed by atoms with E-state index >= 15 is 0 Å². The highest BCUT2D eigenvalue weighted by atomic mass is 32.2. The third-order valence-electron chi connectivity index (χ3n) is 3.53. The fourth-order valence-corrected chi connectivity index (χ4v) is 3.55. The molecule has 0 saturated heterocycles. The summed E-state index contributed by atoms with van der Waals surface area (Å²) in [7, 11) is -3.53. The van der Waals surface area contributed by atoms with Crippen LogP contribution >= 0.6 is 0 Å². The van der Waals surface area contributed by atoms with Crippen molar-refractivity contribution in [2.24, 2.45) is 0 Å². The molecule has 0 amide bonds. The highest BCUT2D eigenvalue weighted by Gasteiger charge is 2.30. The van der Waals surface area contributed by atoms with Crippen LogP contribution in [0.4, 0.5) is 0 Å². The highest BCUT2D eigenvalue weighted by Crippen LogP contribution is 2.23. The summed E-state index contributed by atoms with van der Waals surface area (Å²) in [5, 5.41) is 9.18. The molecule has 0 atom stereocenters. The van der Waals surface area contributed by atoms with Crippen LogP contribution < -0.4 is 4.72 Å². The summed E-state index contributed by atoms with van der Waals surface area (Å²) in [5.41, 5.74) is -0.392. The Bertz CT molecular complexity index is 467. The number of phenols is 1. The Morgan fingerprint density at radius 2 is 1.50 bits per heavy atom. The third-order valence-corrected chi connectivity index (χ3v) is 5.12. The number of sulfonamides is 1. The van der Waals surface area contributed by atoms with Gasteiger partial charge in [-0.2, -0.15) is 0 Å². The predicted molar refractivity (Wildman–Crippen MR) is 72.0 cm³/mol. The average Bonchev–Trinajstić information content (AvgIpc) is 2.37. The van der Waals surface area contributed by atoms with E-state index in [0.717, 1.165) is 19.3 Å². The van der Waals surface area contributed by atoms with Crippen molar-refractivity contribution in [2.45, 2.75) is 50.5 Å². The minimum absolute atomic E-state index is 0.0571. The lowest BCUT2D eigenvalue weighted by Crippen LogP contribution is -2.46. The molecule has 1 aromatic rings. The van der Waals surface area contributed by atoms with Crippen molar-refractivity contribution in [1.29, 1.82) is 0 Å². The molecule has 5 heteroatoms. The molecule has 0 aliphatic carbocycles. The van der Waals surface area contributed by atoms with Crippen molar-refractivity contribution >= 4 is 10.0 Å². The van der Waals surface area contributed by atoms with Gasteiger partial charge in [-0.1, -0.05) is 20.8 Å². The van der Waals surface area contributed by atoms with Crippen LogP contribution in [0.2, 0.25) is 0 Å². The Labute approximate surface area is 109 Å². The van der Waals surface area contributed by atoms with Crippen LogP contribution in [-0.2, 0) is 10.0 Å².